The molecule has 7 nitrogen and oxygen atoms in total. The highest BCUT2D eigenvalue weighted by molar-refractivity contribution is 6.31. The van der Waals surface area contributed by atoms with Gasteiger partial charge in [-0.05, 0) is 43.2 Å². The van der Waals surface area contributed by atoms with Crippen LogP contribution >= 0.6 is 11.6 Å². The van der Waals surface area contributed by atoms with Crippen LogP contribution in [0.5, 0.6) is 0 Å². The smallest absolute Gasteiger partial charge is 0.328 e. The van der Waals surface area contributed by atoms with E-state index in [0.29, 0.717) is 0 Å². The lowest BCUT2D eigenvalue weighted by Gasteiger charge is -2.44. The van der Waals surface area contributed by atoms with Crippen LogP contribution in [0, 0.1) is 12.7 Å². The van der Waals surface area contributed by atoms with Crippen molar-refractivity contribution in [1.82, 2.24) is 20.0 Å². The van der Waals surface area contributed by atoms with Gasteiger partial charge in [-0.25, -0.2) is 9.18 Å². The highest BCUT2D eigenvalue weighted by atomic mass is 35.5. The summed E-state index contributed by atoms with van der Waals surface area (Å²) in [6.45, 7) is 3.42. The minimum absolute atomic E-state index is 0.144. The maximum atomic E-state index is 14.4. The third-order valence-corrected chi connectivity index (χ3v) is 6.94. The quantitative estimate of drug-likeness (QED) is 0.768. The molecule has 2 aromatic rings. The molecule has 3 aliphatic rings. The summed E-state index contributed by atoms with van der Waals surface area (Å²) in [7, 11) is 1.67. The van der Waals surface area contributed by atoms with Crippen LogP contribution in [0.2, 0.25) is 5.02 Å². The Morgan fingerprint density at radius 3 is 2.69 bits per heavy atom. The van der Waals surface area contributed by atoms with Gasteiger partial charge in [0.1, 0.15) is 24.3 Å². The Morgan fingerprint density at radius 1 is 1.16 bits per heavy atom. The average Bonchev–Trinajstić information content (AvgIpc) is 3.17. The topological polar surface area (TPSA) is 59.1 Å². The molecule has 168 valence electrons. The van der Waals surface area contributed by atoms with Gasteiger partial charge in [-0.3, -0.25) is 19.9 Å². The van der Waals surface area contributed by atoms with Crippen molar-refractivity contribution in [2.75, 3.05) is 25.0 Å². The number of carbonyl (C=O) groups is 2. The first kappa shape index (κ1) is 21.2. The number of aryl methyl sites for hydroxylation is 1. The van der Waals surface area contributed by atoms with Gasteiger partial charge in [-0.15, -0.1) is 0 Å². The molecule has 3 unspecified atom stereocenters. The summed E-state index contributed by atoms with van der Waals surface area (Å²) in [4.78, 5) is 33.6. The molecule has 32 heavy (non-hydrogen) atoms. The number of nitrogens with zero attached hydrogens (tertiary/aromatic N) is 4. The van der Waals surface area contributed by atoms with Crippen molar-refractivity contribution >= 4 is 29.2 Å². The van der Waals surface area contributed by atoms with E-state index in [1.807, 2.05) is 6.07 Å². The lowest BCUT2D eigenvalue weighted by molar-refractivity contribution is -0.139. The predicted molar refractivity (Wildman–Crippen MR) is 119 cm³/mol. The zero-order valence-corrected chi connectivity index (χ0v) is 18.7. The van der Waals surface area contributed by atoms with Gasteiger partial charge in [0.25, 0.3) is 5.91 Å². The van der Waals surface area contributed by atoms with Gasteiger partial charge < -0.3 is 9.80 Å². The van der Waals surface area contributed by atoms with E-state index in [0.717, 1.165) is 35.7 Å². The highest BCUT2D eigenvalue weighted by Crippen LogP contribution is 2.34. The molecule has 0 bridgehead atoms. The molecule has 0 aromatic heterocycles. The molecule has 3 aliphatic heterocycles. The minimum Gasteiger partial charge on any atom is -0.343 e. The zero-order chi connectivity index (χ0) is 22.6. The van der Waals surface area contributed by atoms with Crippen LogP contribution in [-0.4, -0.2) is 65.3 Å². The number of imide groups is 1. The van der Waals surface area contributed by atoms with Crippen LogP contribution in [-0.2, 0) is 11.3 Å². The van der Waals surface area contributed by atoms with E-state index in [1.54, 1.807) is 13.1 Å². The van der Waals surface area contributed by atoms with Crippen LogP contribution in [0.1, 0.15) is 17.5 Å². The molecule has 0 aliphatic carbocycles. The SMILES string of the molecule is Cc1cccc(N2CCCN3C4C(=O)N(Cc5c(F)cccc5Cl)C(=O)N(C)C4NC23)c1. The Bertz CT molecular complexity index is 1060. The van der Waals surface area contributed by atoms with Crippen LogP contribution < -0.4 is 10.2 Å². The number of hydrogen-bond donors (Lipinski definition) is 1. The molecule has 3 amide bonds. The van der Waals surface area contributed by atoms with E-state index < -0.39 is 24.1 Å². The van der Waals surface area contributed by atoms with Crippen molar-refractivity contribution in [1.29, 1.82) is 0 Å². The van der Waals surface area contributed by atoms with E-state index in [9.17, 15) is 14.0 Å². The average molecular weight is 458 g/mol. The van der Waals surface area contributed by atoms with Gasteiger partial charge in [-0.2, -0.15) is 0 Å². The Morgan fingerprint density at radius 2 is 1.94 bits per heavy atom. The van der Waals surface area contributed by atoms with Crippen molar-refractivity contribution in [2.45, 2.75) is 38.4 Å². The fourth-order valence-electron chi connectivity index (χ4n) is 4.98. The molecular formula is C23H25ClFN5O2. The summed E-state index contributed by atoms with van der Waals surface area (Å²) in [6, 6.07) is 11.6. The minimum atomic E-state index is -0.555. The Kier molecular flexibility index (Phi) is 5.31. The van der Waals surface area contributed by atoms with Crippen molar-refractivity contribution < 1.29 is 14.0 Å². The number of amides is 3. The monoisotopic (exact) mass is 457 g/mol. The highest BCUT2D eigenvalue weighted by Gasteiger charge is 2.56. The first-order chi connectivity index (χ1) is 15.4. The first-order valence-electron chi connectivity index (χ1n) is 10.7. The number of nitrogens with one attached hydrogen (secondary N) is 1. The summed E-state index contributed by atoms with van der Waals surface area (Å²) in [5.41, 5.74) is 2.37. The number of likely N-dealkylation sites (N-methyl/N-ethyl adjacent to an activating group) is 1. The Balaban J connectivity index is 1.46. The second kappa shape index (κ2) is 8.03. The summed E-state index contributed by atoms with van der Waals surface area (Å²) in [5.74, 6) is -0.868. The third kappa shape index (κ3) is 3.34. The Hall–Kier alpha value is -2.68. The Labute approximate surface area is 191 Å². The number of rotatable bonds is 3. The molecule has 2 aromatic carbocycles. The van der Waals surface area contributed by atoms with Gasteiger partial charge in [0.05, 0.1) is 6.54 Å². The van der Waals surface area contributed by atoms with E-state index in [-0.39, 0.29) is 29.3 Å². The van der Waals surface area contributed by atoms with Gasteiger partial charge in [0.15, 0.2) is 0 Å². The fourth-order valence-corrected chi connectivity index (χ4v) is 5.20. The largest absolute Gasteiger partial charge is 0.343 e. The number of halogens is 2. The predicted octanol–water partition coefficient (Wildman–Crippen LogP) is 2.98. The normalized spacial score (nSPS) is 25.9. The van der Waals surface area contributed by atoms with E-state index in [4.69, 9.17) is 11.6 Å². The number of anilines is 1. The van der Waals surface area contributed by atoms with Gasteiger partial charge >= 0.3 is 6.03 Å². The molecule has 0 spiro atoms. The maximum absolute atomic E-state index is 14.4. The van der Waals surface area contributed by atoms with Crippen molar-refractivity contribution in [3.8, 4) is 0 Å². The van der Waals surface area contributed by atoms with E-state index in [1.165, 1.54) is 17.0 Å². The first-order valence-corrected chi connectivity index (χ1v) is 11.1. The molecule has 3 fully saturated rings. The fraction of sp³-hybridized carbons (Fsp3) is 0.391. The second-order valence-corrected chi connectivity index (χ2v) is 8.98. The lowest BCUT2D eigenvalue weighted by Crippen LogP contribution is -2.66. The number of carbonyl (C=O) groups excluding carboxylic acids is 2. The molecule has 5 rings (SSSR count). The number of urea groups is 1. The summed E-state index contributed by atoms with van der Waals surface area (Å²) >= 11 is 6.17. The van der Waals surface area contributed by atoms with Crippen molar-refractivity contribution in [2.24, 2.45) is 0 Å². The van der Waals surface area contributed by atoms with Gasteiger partial charge in [-0.1, -0.05) is 29.8 Å². The van der Waals surface area contributed by atoms with Crippen molar-refractivity contribution in [3.63, 3.8) is 0 Å². The standard InChI is InChI=1S/C23H25ClFN5O2/c1-14-6-3-7-15(12-14)28-10-5-11-29-19-20(26-22(28)29)27(2)23(32)30(21(19)31)13-16-17(24)8-4-9-18(16)25/h3-4,6-9,12,19-20,22,26H,5,10-11,13H2,1-2H3. The van der Waals surface area contributed by atoms with E-state index >= 15 is 0 Å². The van der Waals surface area contributed by atoms with Gasteiger partial charge in [0.2, 0.25) is 0 Å². The van der Waals surface area contributed by atoms with Crippen LogP contribution in [0.15, 0.2) is 42.5 Å². The molecule has 3 atom stereocenters. The van der Waals surface area contributed by atoms with Crippen LogP contribution in [0.25, 0.3) is 0 Å². The second-order valence-electron chi connectivity index (χ2n) is 8.57. The third-order valence-electron chi connectivity index (χ3n) is 6.58. The number of fused-ring (bicyclic) bond motifs is 3. The van der Waals surface area contributed by atoms with Crippen LogP contribution in [0.3, 0.4) is 0 Å². The molecule has 3 saturated heterocycles. The number of hydrogen-bond acceptors (Lipinski definition) is 5. The molecule has 0 saturated carbocycles. The maximum Gasteiger partial charge on any atom is 0.328 e. The summed E-state index contributed by atoms with van der Waals surface area (Å²) < 4.78 is 14.4. The summed E-state index contributed by atoms with van der Waals surface area (Å²) in [6.07, 6.45) is 0.217. The molecule has 3 heterocycles. The zero-order valence-electron chi connectivity index (χ0n) is 18.0. The van der Waals surface area contributed by atoms with Gasteiger partial charge in [0, 0.05) is 36.4 Å². The lowest BCUT2D eigenvalue weighted by atomic mass is 10.1. The van der Waals surface area contributed by atoms with Crippen molar-refractivity contribution in [3.05, 3.63) is 64.4 Å². The molecule has 1 N–H and O–H groups in total. The van der Waals surface area contributed by atoms with Crippen LogP contribution in [0.4, 0.5) is 14.9 Å². The molecule has 0 radical (unpaired) electrons. The van der Waals surface area contributed by atoms with E-state index in [2.05, 4.69) is 40.2 Å². The number of benzene rings is 2. The summed E-state index contributed by atoms with van der Waals surface area (Å²) in [5, 5.41) is 3.69. The molecular weight excluding hydrogens is 433 g/mol. The molecule has 9 heteroatoms.